The highest BCUT2D eigenvalue weighted by molar-refractivity contribution is 6.16. The van der Waals surface area contributed by atoms with Crippen molar-refractivity contribution in [2.75, 3.05) is 0 Å². The van der Waals surface area contributed by atoms with Crippen LogP contribution in [0.5, 0.6) is 23.0 Å². The Bertz CT molecular complexity index is 1160. The van der Waals surface area contributed by atoms with Gasteiger partial charge < -0.3 is 18.9 Å². The maximum Gasteiger partial charge on any atom is 0.350 e. The highest BCUT2D eigenvalue weighted by atomic mass is 16.6. The normalized spacial score (nSPS) is 14.1. The molecular formula is C22H10O8. The first-order valence-corrected chi connectivity index (χ1v) is 8.76. The Kier molecular flexibility index (Phi) is 3.85. The predicted molar refractivity (Wildman–Crippen MR) is 99.0 cm³/mol. The smallest absolute Gasteiger partial charge is 0.350 e. The highest BCUT2D eigenvalue weighted by Crippen LogP contribution is 2.35. The molecule has 0 N–H and O–H groups in total. The van der Waals surface area contributed by atoms with Crippen LogP contribution in [0.1, 0.15) is 41.4 Å². The van der Waals surface area contributed by atoms with E-state index in [9.17, 15) is 19.2 Å². The Balaban J connectivity index is 1.39. The number of cyclic esters (lactones) is 4. The van der Waals surface area contributed by atoms with Gasteiger partial charge in [0, 0.05) is 0 Å². The van der Waals surface area contributed by atoms with Crippen molar-refractivity contribution in [3.05, 3.63) is 82.9 Å². The largest absolute Gasteiger partial charge is 0.456 e. The molecule has 146 valence electrons. The van der Waals surface area contributed by atoms with Gasteiger partial charge in [0.1, 0.15) is 34.1 Å². The topological polar surface area (TPSA) is 105 Å². The molecule has 8 heteroatoms. The lowest BCUT2D eigenvalue weighted by Crippen LogP contribution is -1.99. The second-order valence-electron chi connectivity index (χ2n) is 6.39. The summed E-state index contributed by atoms with van der Waals surface area (Å²) in [4.78, 5) is 47.1. The van der Waals surface area contributed by atoms with Gasteiger partial charge in [-0.15, -0.1) is 0 Å². The Hall–Kier alpha value is -4.46. The van der Waals surface area contributed by atoms with Crippen LogP contribution in [0.25, 0.3) is 0 Å². The quantitative estimate of drug-likeness (QED) is 0.478. The van der Waals surface area contributed by atoms with Crippen LogP contribution in [0.4, 0.5) is 0 Å². The van der Waals surface area contributed by atoms with Crippen LogP contribution in [-0.2, 0) is 9.47 Å². The van der Waals surface area contributed by atoms with E-state index in [0.29, 0.717) is 11.5 Å². The van der Waals surface area contributed by atoms with Crippen molar-refractivity contribution in [1.29, 1.82) is 0 Å². The lowest BCUT2D eigenvalue weighted by Gasteiger charge is -2.10. The average molecular weight is 402 g/mol. The van der Waals surface area contributed by atoms with Crippen LogP contribution in [0.3, 0.4) is 0 Å². The number of hydrogen-bond acceptors (Lipinski definition) is 8. The van der Waals surface area contributed by atoms with E-state index in [0.717, 1.165) is 0 Å². The lowest BCUT2D eigenvalue weighted by molar-refractivity contribution is 0.0424. The first-order valence-electron chi connectivity index (χ1n) is 8.76. The van der Waals surface area contributed by atoms with Crippen LogP contribution < -0.4 is 9.47 Å². The maximum absolute atomic E-state index is 11.9. The summed E-state index contributed by atoms with van der Waals surface area (Å²) in [6, 6.07) is 15.6. The second kappa shape index (κ2) is 6.56. The van der Waals surface area contributed by atoms with Crippen LogP contribution in [-0.4, -0.2) is 23.9 Å². The average Bonchev–Trinajstić information content (AvgIpc) is 3.20. The summed E-state index contributed by atoms with van der Waals surface area (Å²) in [5, 5.41) is 0. The van der Waals surface area contributed by atoms with E-state index in [4.69, 9.17) is 9.47 Å². The molecule has 2 heterocycles. The summed E-state index contributed by atoms with van der Waals surface area (Å²) in [6.45, 7) is 0. The van der Waals surface area contributed by atoms with Crippen molar-refractivity contribution in [2.45, 2.75) is 0 Å². The Morgan fingerprint density at radius 1 is 0.500 bits per heavy atom. The number of fused-ring (bicyclic) bond motifs is 2. The summed E-state index contributed by atoms with van der Waals surface area (Å²) < 4.78 is 20.7. The number of ether oxygens (including phenoxy) is 4. The van der Waals surface area contributed by atoms with Crippen molar-refractivity contribution in [2.24, 2.45) is 0 Å². The van der Waals surface area contributed by atoms with E-state index in [1.165, 1.54) is 12.1 Å². The molecule has 0 amide bonds. The zero-order valence-electron chi connectivity index (χ0n) is 15.0. The molecule has 3 aromatic carbocycles. The molecule has 0 spiro atoms. The molecule has 0 unspecified atom stereocenters. The van der Waals surface area contributed by atoms with E-state index in [1.807, 2.05) is 0 Å². The van der Waals surface area contributed by atoms with Crippen LogP contribution in [0.2, 0.25) is 0 Å². The first-order chi connectivity index (χ1) is 14.5. The van der Waals surface area contributed by atoms with Crippen molar-refractivity contribution in [1.82, 2.24) is 0 Å². The van der Waals surface area contributed by atoms with E-state index in [1.54, 1.807) is 48.5 Å². The summed E-state index contributed by atoms with van der Waals surface area (Å²) in [6.07, 6.45) is 0. The molecule has 2 aliphatic rings. The van der Waals surface area contributed by atoms with Gasteiger partial charge in [0.05, 0.1) is 11.1 Å². The Morgan fingerprint density at radius 2 is 0.900 bits per heavy atom. The molecule has 0 radical (unpaired) electrons. The SMILES string of the molecule is O=C1OC(=O)c2c(Oc3ccc(Oc4cccc5c4C(=O)OC5=O)cc3)cccc21. The van der Waals surface area contributed by atoms with Crippen molar-refractivity contribution in [3.63, 3.8) is 0 Å². The molecule has 3 aromatic rings. The monoisotopic (exact) mass is 402 g/mol. The number of rotatable bonds is 4. The van der Waals surface area contributed by atoms with E-state index >= 15 is 0 Å². The van der Waals surface area contributed by atoms with Crippen LogP contribution in [0.15, 0.2) is 60.7 Å². The summed E-state index contributed by atoms with van der Waals surface area (Å²) in [7, 11) is 0. The minimum absolute atomic E-state index is 0.0749. The van der Waals surface area contributed by atoms with E-state index in [2.05, 4.69) is 9.47 Å². The number of carbonyl (C=O) groups excluding carboxylic acids is 4. The zero-order valence-corrected chi connectivity index (χ0v) is 15.0. The molecule has 2 aliphatic heterocycles. The Morgan fingerprint density at radius 3 is 1.30 bits per heavy atom. The minimum atomic E-state index is -0.759. The standard InChI is InChI=1S/C22H10O8/c23-19-13-3-1-5-15(17(13)21(25)29-19)27-11-7-9-12(10-8-11)28-16-6-2-4-14-18(16)22(26)30-20(14)24/h1-10H. The third-order valence-electron chi connectivity index (χ3n) is 4.55. The molecule has 0 atom stereocenters. The summed E-state index contributed by atoms with van der Waals surface area (Å²) >= 11 is 0. The van der Waals surface area contributed by atoms with Gasteiger partial charge in [-0.05, 0) is 48.5 Å². The van der Waals surface area contributed by atoms with E-state index < -0.39 is 23.9 Å². The Labute approximate surface area is 168 Å². The van der Waals surface area contributed by atoms with Crippen molar-refractivity contribution >= 4 is 23.9 Å². The third-order valence-corrected chi connectivity index (χ3v) is 4.55. The fourth-order valence-electron chi connectivity index (χ4n) is 3.20. The third kappa shape index (κ3) is 2.78. The fraction of sp³-hybridized carbons (Fsp3) is 0. The minimum Gasteiger partial charge on any atom is -0.456 e. The molecule has 5 rings (SSSR count). The second-order valence-corrected chi connectivity index (χ2v) is 6.39. The highest BCUT2D eigenvalue weighted by Gasteiger charge is 2.34. The van der Waals surface area contributed by atoms with Gasteiger partial charge in [-0.1, -0.05) is 12.1 Å². The number of carbonyl (C=O) groups is 4. The number of hydrogen-bond donors (Lipinski definition) is 0. The lowest BCUT2D eigenvalue weighted by atomic mass is 10.1. The molecule has 0 bridgehead atoms. The zero-order chi connectivity index (χ0) is 20.8. The molecule has 0 saturated heterocycles. The molecule has 0 aromatic heterocycles. The van der Waals surface area contributed by atoms with Crippen molar-refractivity contribution < 1.29 is 38.1 Å². The molecule has 30 heavy (non-hydrogen) atoms. The summed E-state index contributed by atoms with van der Waals surface area (Å²) in [5.74, 6) is -1.78. The van der Waals surface area contributed by atoms with Crippen molar-refractivity contribution in [3.8, 4) is 23.0 Å². The van der Waals surface area contributed by atoms with Gasteiger partial charge in [-0.2, -0.15) is 0 Å². The van der Waals surface area contributed by atoms with E-state index in [-0.39, 0.29) is 33.8 Å². The van der Waals surface area contributed by atoms with Crippen LogP contribution in [0, 0.1) is 0 Å². The van der Waals surface area contributed by atoms with Gasteiger partial charge in [0.15, 0.2) is 0 Å². The molecular weight excluding hydrogens is 392 g/mol. The van der Waals surface area contributed by atoms with Gasteiger partial charge >= 0.3 is 23.9 Å². The summed E-state index contributed by atoms with van der Waals surface area (Å²) in [5.41, 5.74) is 0.449. The predicted octanol–water partition coefficient (Wildman–Crippen LogP) is 3.89. The number of esters is 4. The van der Waals surface area contributed by atoms with Gasteiger partial charge in [0.2, 0.25) is 0 Å². The number of benzene rings is 3. The van der Waals surface area contributed by atoms with Gasteiger partial charge in [-0.3, -0.25) is 0 Å². The maximum atomic E-state index is 11.9. The van der Waals surface area contributed by atoms with Gasteiger partial charge in [0.25, 0.3) is 0 Å². The van der Waals surface area contributed by atoms with Crippen LogP contribution >= 0.6 is 0 Å². The molecule has 8 nitrogen and oxygen atoms in total. The van der Waals surface area contributed by atoms with Gasteiger partial charge in [-0.25, -0.2) is 19.2 Å². The molecule has 0 fully saturated rings. The first kappa shape index (κ1) is 17.6. The molecule has 0 saturated carbocycles. The fourth-order valence-corrected chi connectivity index (χ4v) is 3.20. The molecule has 0 aliphatic carbocycles.